The summed E-state index contributed by atoms with van der Waals surface area (Å²) in [5.74, 6) is 1.47. The van der Waals surface area contributed by atoms with E-state index in [0.717, 1.165) is 49.6 Å². The van der Waals surface area contributed by atoms with Crippen molar-refractivity contribution in [1.29, 1.82) is 0 Å². The SMILES string of the molecule is O=C(Nc1cccc2ccccc12)C1[C@H]2CC/C=C\CC/C=C\CC[C@@H]12. The lowest BCUT2D eigenvalue weighted by atomic mass is 10.1. The lowest BCUT2D eigenvalue weighted by Gasteiger charge is -2.09. The molecule has 0 radical (unpaired) electrons. The van der Waals surface area contributed by atoms with Crippen molar-refractivity contribution in [3.63, 3.8) is 0 Å². The van der Waals surface area contributed by atoms with E-state index in [-0.39, 0.29) is 11.8 Å². The van der Waals surface area contributed by atoms with Gasteiger partial charge in [-0.15, -0.1) is 0 Å². The van der Waals surface area contributed by atoms with Crippen LogP contribution >= 0.6 is 0 Å². The Balaban J connectivity index is 1.47. The largest absolute Gasteiger partial charge is 0.325 e. The van der Waals surface area contributed by atoms with Crippen LogP contribution in [0.3, 0.4) is 0 Å². The summed E-state index contributed by atoms with van der Waals surface area (Å²) >= 11 is 0. The van der Waals surface area contributed by atoms with E-state index in [2.05, 4.69) is 47.8 Å². The topological polar surface area (TPSA) is 29.1 Å². The average molecular weight is 345 g/mol. The minimum Gasteiger partial charge on any atom is -0.325 e. The van der Waals surface area contributed by atoms with Crippen LogP contribution in [0.15, 0.2) is 66.8 Å². The second-order valence-electron chi connectivity index (χ2n) is 7.54. The molecule has 2 heteroatoms. The number of hydrogen-bond donors (Lipinski definition) is 1. The third-order valence-electron chi connectivity index (χ3n) is 5.85. The first-order valence-electron chi connectivity index (χ1n) is 9.93. The minimum atomic E-state index is 0.177. The van der Waals surface area contributed by atoms with Crippen molar-refractivity contribution in [2.75, 3.05) is 5.32 Å². The van der Waals surface area contributed by atoms with Crippen LogP contribution in [0.25, 0.3) is 10.8 Å². The molecule has 4 rings (SSSR count). The van der Waals surface area contributed by atoms with E-state index in [0.29, 0.717) is 11.8 Å². The summed E-state index contributed by atoms with van der Waals surface area (Å²) in [6.45, 7) is 0. The number of carbonyl (C=O) groups is 1. The molecule has 0 bridgehead atoms. The zero-order chi connectivity index (χ0) is 17.8. The van der Waals surface area contributed by atoms with Crippen LogP contribution in [-0.4, -0.2) is 5.91 Å². The molecule has 2 nitrogen and oxygen atoms in total. The highest BCUT2D eigenvalue weighted by Gasteiger charge is 2.52. The standard InChI is InChI=1S/C24H27NO/c26-24(25-22-17-11-13-18-12-9-10-14-19(18)22)23-20-15-7-5-3-1-2-4-6-8-16-21(20)23/h3-6,9-14,17,20-21,23H,1-2,7-8,15-16H2,(H,25,26)/b5-3-,6-4-/t20-,21+,23?. The highest BCUT2D eigenvalue weighted by molar-refractivity contribution is 6.03. The monoisotopic (exact) mass is 345 g/mol. The summed E-state index contributed by atoms with van der Waals surface area (Å²) in [5.41, 5.74) is 0.940. The van der Waals surface area contributed by atoms with Gasteiger partial charge in [0, 0.05) is 17.0 Å². The summed E-state index contributed by atoms with van der Waals surface area (Å²) in [7, 11) is 0. The number of anilines is 1. The zero-order valence-electron chi connectivity index (χ0n) is 15.2. The molecule has 1 fully saturated rings. The van der Waals surface area contributed by atoms with Gasteiger partial charge in [0.1, 0.15) is 0 Å². The van der Waals surface area contributed by atoms with Crippen molar-refractivity contribution in [1.82, 2.24) is 0 Å². The van der Waals surface area contributed by atoms with Gasteiger partial charge < -0.3 is 5.32 Å². The first kappa shape index (κ1) is 17.1. The van der Waals surface area contributed by atoms with Crippen molar-refractivity contribution in [2.45, 2.75) is 38.5 Å². The Bertz CT molecular complexity index is 806. The second kappa shape index (κ2) is 7.90. The fourth-order valence-electron chi connectivity index (χ4n) is 4.41. The lowest BCUT2D eigenvalue weighted by molar-refractivity contribution is -0.117. The maximum Gasteiger partial charge on any atom is 0.228 e. The molecular formula is C24H27NO. The number of amides is 1. The first-order chi connectivity index (χ1) is 12.8. The van der Waals surface area contributed by atoms with E-state index in [1.807, 2.05) is 24.3 Å². The summed E-state index contributed by atoms with van der Waals surface area (Å²) in [6, 6.07) is 14.4. The van der Waals surface area contributed by atoms with Crippen LogP contribution in [-0.2, 0) is 4.79 Å². The van der Waals surface area contributed by atoms with E-state index in [4.69, 9.17) is 0 Å². The van der Waals surface area contributed by atoms with Gasteiger partial charge in [-0.25, -0.2) is 0 Å². The Kier molecular flexibility index (Phi) is 5.19. The zero-order valence-corrected chi connectivity index (χ0v) is 15.2. The summed E-state index contributed by atoms with van der Waals surface area (Å²) in [4.78, 5) is 13.0. The van der Waals surface area contributed by atoms with Gasteiger partial charge in [-0.05, 0) is 61.8 Å². The minimum absolute atomic E-state index is 0.177. The van der Waals surface area contributed by atoms with Gasteiger partial charge in [0.15, 0.2) is 0 Å². The number of hydrogen-bond acceptors (Lipinski definition) is 1. The summed E-state index contributed by atoms with van der Waals surface area (Å²) < 4.78 is 0. The van der Waals surface area contributed by atoms with Crippen molar-refractivity contribution in [3.05, 3.63) is 66.8 Å². The molecule has 1 amide bonds. The van der Waals surface area contributed by atoms with Gasteiger partial charge >= 0.3 is 0 Å². The van der Waals surface area contributed by atoms with Gasteiger partial charge in [0.2, 0.25) is 5.91 Å². The first-order valence-corrected chi connectivity index (χ1v) is 9.93. The molecule has 1 unspecified atom stereocenters. The number of allylic oxidation sites excluding steroid dienone is 4. The Labute approximate surface area is 156 Å². The number of fused-ring (bicyclic) bond motifs is 2. The quantitative estimate of drug-likeness (QED) is 0.654. The highest BCUT2D eigenvalue weighted by Crippen LogP contribution is 2.52. The summed E-state index contributed by atoms with van der Waals surface area (Å²) in [5, 5.41) is 5.51. The number of nitrogens with one attached hydrogen (secondary N) is 1. The molecule has 134 valence electrons. The van der Waals surface area contributed by atoms with Gasteiger partial charge in [-0.2, -0.15) is 0 Å². The van der Waals surface area contributed by atoms with Crippen molar-refractivity contribution >= 4 is 22.4 Å². The second-order valence-corrected chi connectivity index (χ2v) is 7.54. The Morgan fingerprint density at radius 3 is 2.12 bits per heavy atom. The molecule has 2 aromatic rings. The molecule has 2 aliphatic rings. The van der Waals surface area contributed by atoms with Crippen molar-refractivity contribution in [2.24, 2.45) is 17.8 Å². The molecule has 3 atom stereocenters. The molecule has 0 aliphatic heterocycles. The van der Waals surface area contributed by atoms with Gasteiger partial charge in [-0.3, -0.25) is 4.79 Å². The predicted molar refractivity (Wildman–Crippen MR) is 109 cm³/mol. The Morgan fingerprint density at radius 2 is 1.38 bits per heavy atom. The number of rotatable bonds is 2. The molecule has 0 aromatic heterocycles. The van der Waals surface area contributed by atoms with Crippen LogP contribution in [0, 0.1) is 17.8 Å². The molecule has 2 aliphatic carbocycles. The van der Waals surface area contributed by atoms with Gasteiger partial charge in [-0.1, -0.05) is 60.7 Å². The van der Waals surface area contributed by atoms with Crippen molar-refractivity contribution in [3.8, 4) is 0 Å². The maximum absolute atomic E-state index is 13.0. The summed E-state index contributed by atoms with van der Waals surface area (Å²) in [6.07, 6.45) is 15.9. The van der Waals surface area contributed by atoms with Crippen LogP contribution in [0.2, 0.25) is 0 Å². The van der Waals surface area contributed by atoms with Gasteiger partial charge in [0.05, 0.1) is 0 Å². The van der Waals surface area contributed by atoms with Crippen LogP contribution in [0.5, 0.6) is 0 Å². The molecular weight excluding hydrogens is 318 g/mol. The average Bonchev–Trinajstić information content (AvgIpc) is 3.34. The smallest absolute Gasteiger partial charge is 0.228 e. The highest BCUT2D eigenvalue weighted by atomic mass is 16.2. The normalized spacial score (nSPS) is 28.2. The van der Waals surface area contributed by atoms with Crippen molar-refractivity contribution < 1.29 is 4.79 Å². The Hall–Kier alpha value is -2.35. The predicted octanol–water partition coefficient (Wildman–Crippen LogP) is 6.11. The molecule has 0 spiro atoms. The Morgan fingerprint density at radius 1 is 0.769 bits per heavy atom. The maximum atomic E-state index is 13.0. The molecule has 0 saturated heterocycles. The van der Waals surface area contributed by atoms with E-state index < -0.39 is 0 Å². The fraction of sp³-hybridized carbons (Fsp3) is 0.375. The van der Waals surface area contributed by atoms with Gasteiger partial charge in [0.25, 0.3) is 0 Å². The lowest BCUT2D eigenvalue weighted by Crippen LogP contribution is -2.16. The molecule has 26 heavy (non-hydrogen) atoms. The molecule has 1 N–H and O–H groups in total. The van der Waals surface area contributed by atoms with E-state index in [1.54, 1.807) is 0 Å². The van der Waals surface area contributed by atoms with Crippen LogP contribution in [0.1, 0.15) is 38.5 Å². The third-order valence-corrected chi connectivity index (χ3v) is 5.85. The third kappa shape index (κ3) is 3.75. The van der Waals surface area contributed by atoms with E-state index in [1.165, 1.54) is 5.39 Å². The number of carbonyl (C=O) groups excluding carboxylic acids is 1. The van der Waals surface area contributed by atoms with E-state index in [9.17, 15) is 4.79 Å². The van der Waals surface area contributed by atoms with Crippen LogP contribution < -0.4 is 5.32 Å². The molecule has 0 heterocycles. The van der Waals surface area contributed by atoms with E-state index >= 15 is 0 Å². The molecule has 1 saturated carbocycles. The van der Waals surface area contributed by atoms with Crippen LogP contribution in [0.4, 0.5) is 5.69 Å². The fourth-order valence-corrected chi connectivity index (χ4v) is 4.41. The molecule has 2 aromatic carbocycles. The number of benzene rings is 2.